The predicted molar refractivity (Wildman–Crippen MR) is 78.1 cm³/mol. The number of nitrogens with one attached hydrogen (secondary N) is 2. The van der Waals surface area contributed by atoms with Gasteiger partial charge in [-0.05, 0) is 13.8 Å². The number of carbonyl (C=O) groups excluding carboxylic acids is 1. The predicted octanol–water partition coefficient (Wildman–Crippen LogP) is 1.87. The maximum absolute atomic E-state index is 13.3. The molecule has 2 N–H and O–H groups in total. The lowest BCUT2D eigenvalue weighted by atomic mass is 9.65. The van der Waals surface area contributed by atoms with E-state index in [9.17, 15) is 9.18 Å². The van der Waals surface area contributed by atoms with Gasteiger partial charge in [0.25, 0.3) is 0 Å². The summed E-state index contributed by atoms with van der Waals surface area (Å²) in [6, 6.07) is -0.744. The Kier molecular flexibility index (Phi) is 4.83. The van der Waals surface area contributed by atoms with Crippen molar-refractivity contribution in [3.63, 3.8) is 0 Å². The van der Waals surface area contributed by atoms with Gasteiger partial charge >= 0.3 is 0 Å². The monoisotopic (exact) mass is 267 g/mol. The number of piperazine rings is 1. The fourth-order valence-electron chi connectivity index (χ4n) is 2.37. The molecule has 0 aliphatic carbocycles. The van der Waals surface area contributed by atoms with Crippen molar-refractivity contribution >= 4 is 13.2 Å². The van der Waals surface area contributed by atoms with Crippen LogP contribution in [-0.4, -0.2) is 37.5 Å². The molecule has 0 bridgehead atoms. The van der Waals surface area contributed by atoms with E-state index < -0.39 is 17.8 Å². The van der Waals surface area contributed by atoms with Crippen LogP contribution in [0.25, 0.3) is 0 Å². The number of hydrogen-bond acceptors (Lipinski definition) is 2. The molecule has 1 saturated heterocycles. The van der Waals surface area contributed by atoms with E-state index in [0.29, 0.717) is 6.54 Å². The van der Waals surface area contributed by atoms with Crippen LogP contribution in [0.2, 0.25) is 6.82 Å². The fourth-order valence-corrected chi connectivity index (χ4v) is 2.37. The van der Waals surface area contributed by atoms with Crippen molar-refractivity contribution in [2.45, 2.75) is 59.2 Å². The molecule has 1 amide bonds. The third-order valence-corrected chi connectivity index (χ3v) is 4.28. The average Bonchev–Trinajstić information content (AvgIpc) is 2.27. The molecule has 0 aromatic heterocycles. The van der Waals surface area contributed by atoms with Crippen LogP contribution in [-0.2, 0) is 4.79 Å². The fraction of sp³-hybridized carbons (Fsp3) is 0.786. The lowest BCUT2D eigenvalue weighted by Gasteiger charge is -2.48. The number of hydrogen-bond donors (Lipinski definition) is 2. The molecule has 0 aromatic carbocycles. The van der Waals surface area contributed by atoms with E-state index in [-0.39, 0.29) is 11.3 Å². The molecule has 1 radical (unpaired) electrons. The highest BCUT2D eigenvalue weighted by Crippen LogP contribution is 2.34. The van der Waals surface area contributed by atoms with Gasteiger partial charge in [0.1, 0.15) is 19.5 Å². The summed E-state index contributed by atoms with van der Waals surface area (Å²) in [5.41, 5.74) is 0.512. The van der Waals surface area contributed by atoms with E-state index in [0.717, 1.165) is 0 Å². The van der Waals surface area contributed by atoms with Crippen LogP contribution in [0.1, 0.15) is 34.6 Å². The molecule has 1 aliphatic rings. The summed E-state index contributed by atoms with van der Waals surface area (Å²) in [6.07, 6.45) is 0.961. The van der Waals surface area contributed by atoms with Crippen LogP contribution in [0.4, 0.5) is 4.39 Å². The van der Waals surface area contributed by atoms with Gasteiger partial charge in [0.05, 0.1) is 5.54 Å². The van der Waals surface area contributed by atoms with Crippen molar-refractivity contribution < 1.29 is 9.18 Å². The molecule has 3 atom stereocenters. The smallest absolute Gasteiger partial charge is 0.240 e. The largest absolute Gasteiger partial charge is 0.347 e. The van der Waals surface area contributed by atoms with Gasteiger partial charge in [-0.3, -0.25) is 4.79 Å². The molecule has 3 nitrogen and oxygen atoms in total. The molecule has 1 rings (SSSR count). The Morgan fingerprint density at radius 2 is 2.21 bits per heavy atom. The second-order valence-electron chi connectivity index (χ2n) is 6.26. The van der Waals surface area contributed by atoms with Crippen molar-refractivity contribution in [2.75, 3.05) is 6.54 Å². The maximum Gasteiger partial charge on any atom is 0.240 e. The molecule has 1 heterocycles. The Bertz CT molecular complexity index is 382. The molecule has 0 spiro atoms. The Balaban J connectivity index is 2.92. The molecule has 0 saturated carbocycles. The average molecular weight is 267 g/mol. The summed E-state index contributed by atoms with van der Waals surface area (Å²) in [4.78, 5) is 12.0. The molecular weight excluding hydrogens is 242 g/mol. The van der Waals surface area contributed by atoms with Crippen LogP contribution >= 0.6 is 0 Å². The first-order valence-electron chi connectivity index (χ1n) is 6.81. The minimum absolute atomic E-state index is 0.225. The first-order chi connectivity index (χ1) is 8.63. The SMILES string of the molecule is C[B]/C(C)=C/C(C)(C)[C@]1(C)CNC([C@@H](C)F)C(=O)N1. The van der Waals surface area contributed by atoms with E-state index in [4.69, 9.17) is 0 Å². The van der Waals surface area contributed by atoms with Crippen LogP contribution in [0.15, 0.2) is 11.5 Å². The van der Waals surface area contributed by atoms with Crippen LogP contribution in [0.5, 0.6) is 0 Å². The van der Waals surface area contributed by atoms with Crippen molar-refractivity contribution in [2.24, 2.45) is 5.41 Å². The Hall–Kier alpha value is -0.835. The zero-order valence-corrected chi connectivity index (χ0v) is 12.8. The summed E-state index contributed by atoms with van der Waals surface area (Å²) in [7, 11) is 2.04. The van der Waals surface area contributed by atoms with Gasteiger partial charge in [-0.1, -0.05) is 33.7 Å². The number of carbonyl (C=O) groups is 1. The number of halogens is 1. The van der Waals surface area contributed by atoms with Crippen molar-refractivity contribution in [1.29, 1.82) is 0 Å². The zero-order chi connectivity index (χ0) is 14.8. The zero-order valence-electron chi connectivity index (χ0n) is 12.8. The van der Waals surface area contributed by atoms with E-state index in [1.807, 2.05) is 28.0 Å². The summed E-state index contributed by atoms with van der Waals surface area (Å²) >= 11 is 0. The minimum atomic E-state index is -1.19. The number of allylic oxidation sites excluding steroid dienone is 1. The van der Waals surface area contributed by atoms with Crippen molar-refractivity contribution in [3.05, 3.63) is 11.5 Å². The molecule has 0 aromatic rings. The van der Waals surface area contributed by atoms with Gasteiger partial charge < -0.3 is 10.6 Å². The second kappa shape index (κ2) is 5.65. The van der Waals surface area contributed by atoms with Gasteiger partial charge in [0.15, 0.2) is 0 Å². The van der Waals surface area contributed by atoms with Gasteiger partial charge in [0, 0.05) is 12.0 Å². The number of rotatable bonds is 4. The first-order valence-corrected chi connectivity index (χ1v) is 6.81. The third kappa shape index (κ3) is 3.38. The molecule has 1 fully saturated rings. The van der Waals surface area contributed by atoms with E-state index in [2.05, 4.69) is 30.6 Å². The molecular formula is C14H25BFN2O. The lowest BCUT2D eigenvalue weighted by molar-refractivity contribution is -0.130. The molecule has 1 aliphatic heterocycles. The van der Waals surface area contributed by atoms with E-state index >= 15 is 0 Å². The standard InChI is InChI=1S/C14H25BFN2O/c1-9(15-6)7-13(3,4)14(5)8-17-11(10(2)16)12(19)18-14/h7,10-11,17H,8H2,1-6H3,(H,18,19)/b9-7+/t10-,11?,14+/m1/s1. The quantitative estimate of drug-likeness (QED) is 0.763. The second-order valence-corrected chi connectivity index (χ2v) is 6.26. The highest BCUT2D eigenvalue weighted by Gasteiger charge is 2.46. The minimum Gasteiger partial charge on any atom is -0.347 e. The Morgan fingerprint density at radius 1 is 1.63 bits per heavy atom. The summed E-state index contributed by atoms with van der Waals surface area (Å²) in [6.45, 7) is 12.1. The third-order valence-electron chi connectivity index (χ3n) is 4.28. The highest BCUT2D eigenvalue weighted by molar-refractivity contribution is 6.43. The summed E-state index contributed by atoms with van der Waals surface area (Å²) < 4.78 is 13.3. The van der Waals surface area contributed by atoms with E-state index in [1.54, 1.807) is 0 Å². The van der Waals surface area contributed by atoms with Gasteiger partial charge in [-0.15, -0.1) is 5.47 Å². The van der Waals surface area contributed by atoms with Gasteiger partial charge in [-0.2, -0.15) is 0 Å². The summed E-state index contributed by atoms with van der Waals surface area (Å²) in [5.74, 6) is -0.261. The van der Waals surface area contributed by atoms with Crippen molar-refractivity contribution in [3.8, 4) is 0 Å². The molecule has 5 heteroatoms. The Labute approximate surface area is 116 Å². The number of amides is 1. The van der Waals surface area contributed by atoms with Crippen LogP contribution < -0.4 is 10.6 Å². The van der Waals surface area contributed by atoms with Gasteiger partial charge in [-0.25, -0.2) is 4.39 Å². The topological polar surface area (TPSA) is 41.1 Å². The van der Waals surface area contributed by atoms with Crippen LogP contribution in [0, 0.1) is 5.41 Å². The number of alkyl halides is 1. The van der Waals surface area contributed by atoms with Crippen LogP contribution in [0.3, 0.4) is 0 Å². The first kappa shape index (κ1) is 16.2. The lowest BCUT2D eigenvalue weighted by Crippen LogP contribution is -2.70. The normalized spacial score (nSPS) is 30.8. The summed E-state index contributed by atoms with van der Waals surface area (Å²) in [5, 5.41) is 6.02. The maximum atomic E-state index is 13.3. The van der Waals surface area contributed by atoms with Crippen molar-refractivity contribution in [1.82, 2.24) is 10.6 Å². The highest BCUT2D eigenvalue weighted by atomic mass is 19.1. The molecule has 1 unspecified atom stereocenters. The van der Waals surface area contributed by atoms with Gasteiger partial charge in [0.2, 0.25) is 5.91 Å². The molecule has 19 heavy (non-hydrogen) atoms. The molecule has 107 valence electrons. The Morgan fingerprint density at radius 3 is 2.63 bits per heavy atom. The van der Waals surface area contributed by atoms with E-state index in [1.165, 1.54) is 12.4 Å².